The summed E-state index contributed by atoms with van der Waals surface area (Å²) < 4.78 is 11.2. The summed E-state index contributed by atoms with van der Waals surface area (Å²) in [6.45, 7) is 7.11. The fraction of sp³-hybridized carbons (Fsp3) is 0.565. The number of benzene rings is 1. The number of furan rings is 1. The van der Waals surface area contributed by atoms with Crippen LogP contribution < -0.4 is 4.74 Å². The molecular weight excluding hydrogens is 368 g/mol. The van der Waals surface area contributed by atoms with Crippen LogP contribution in [0.3, 0.4) is 0 Å². The van der Waals surface area contributed by atoms with Crippen molar-refractivity contribution < 1.29 is 18.7 Å². The summed E-state index contributed by atoms with van der Waals surface area (Å²) in [4.78, 5) is 29.7. The van der Waals surface area contributed by atoms with Crippen molar-refractivity contribution in [3.8, 4) is 5.75 Å². The third kappa shape index (κ3) is 3.85. The van der Waals surface area contributed by atoms with Crippen LogP contribution in [0.5, 0.6) is 5.75 Å². The molecule has 2 fully saturated rings. The predicted molar refractivity (Wildman–Crippen MR) is 111 cm³/mol. The van der Waals surface area contributed by atoms with Crippen LogP contribution in [0.15, 0.2) is 22.6 Å². The molecule has 156 valence electrons. The molecule has 0 N–H and O–H groups in total. The molecule has 0 saturated carbocycles. The van der Waals surface area contributed by atoms with Crippen LogP contribution in [0.25, 0.3) is 11.0 Å². The first-order valence-electron chi connectivity index (χ1n) is 10.6. The molecule has 2 amide bonds. The molecule has 3 heterocycles. The van der Waals surface area contributed by atoms with Crippen molar-refractivity contribution in [1.82, 2.24) is 9.80 Å². The monoisotopic (exact) mass is 398 g/mol. The largest absolute Gasteiger partial charge is 0.497 e. The Balaban J connectivity index is 1.41. The number of nitrogens with zero attached hydrogens (tertiary/aromatic N) is 2. The van der Waals surface area contributed by atoms with E-state index in [0.717, 1.165) is 55.5 Å². The number of amides is 2. The van der Waals surface area contributed by atoms with E-state index >= 15 is 0 Å². The fourth-order valence-corrected chi connectivity index (χ4v) is 4.49. The van der Waals surface area contributed by atoms with E-state index < -0.39 is 0 Å². The number of carbonyl (C=O) groups is 2. The van der Waals surface area contributed by atoms with Gasteiger partial charge in [0.2, 0.25) is 5.91 Å². The second-order valence-corrected chi connectivity index (χ2v) is 8.49. The molecule has 0 unspecified atom stereocenters. The van der Waals surface area contributed by atoms with Crippen LogP contribution in [0.4, 0.5) is 0 Å². The smallest absolute Gasteiger partial charge is 0.289 e. The molecule has 6 heteroatoms. The quantitative estimate of drug-likeness (QED) is 0.788. The maximum absolute atomic E-state index is 13.1. The van der Waals surface area contributed by atoms with Crippen LogP contribution in [-0.2, 0) is 4.79 Å². The molecule has 1 aromatic heterocycles. The van der Waals surface area contributed by atoms with Gasteiger partial charge in [0.05, 0.1) is 7.11 Å². The Morgan fingerprint density at radius 2 is 1.69 bits per heavy atom. The van der Waals surface area contributed by atoms with Gasteiger partial charge in [0.15, 0.2) is 5.76 Å². The lowest BCUT2D eigenvalue weighted by Crippen LogP contribution is -2.46. The Labute approximate surface area is 171 Å². The topological polar surface area (TPSA) is 63.0 Å². The van der Waals surface area contributed by atoms with Gasteiger partial charge in [-0.15, -0.1) is 0 Å². The highest BCUT2D eigenvalue weighted by Crippen LogP contribution is 2.31. The molecule has 0 bridgehead atoms. The highest BCUT2D eigenvalue weighted by atomic mass is 16.5. The van der Waals surface area contributed by atoms with Crippen molar-refractivity contribution in [1.29, 1.82) is 0 Å². The molecule has 2 aliphatic heterocycles. The Kier molecular flexibility index (Phi) is 5.52. The van der Waals surface area contributed by atoms with Crippen LogP contribution in [-0.4, -0.2) is 54.9 Å². The van der Waals surface area contributed by atoms with Gasteiger partial charge in [0.25, 0.3) is 5.91 Å². The first-order chi connectivity index (χ1) is 14.0. The number of hydrogen-bond acceptors (Lipinski definition) is 4. The van der Waals surface area contributed by atoms with E-state index in [1.54, 1.807) is 7.11 Å². The van der Waals surface area contributed by atoms with E-state index in [-0.39, 0.29) is 17.7 Å². The second-order valence-electron chi connectivity index (χ2n) is 8.49. The van der Waals surface area contributed by atoms with Gasteiger partial charge < -0.3 is 19.0 Å². The van der Waals surface area contributed by atoms with E-state index in [2.05, 4.69) is 6.92 Å². The average molecular weight is 399 g/mol. The maximum Gasteiger partial charge on any atom is 0.289 e. The third-order valence-electron chi connectivity index (χ3n) is 6.56. The summed E-state index contributed by atoms with van der Waals surface area (Å²) >= 11 is 0. The predicted octanol–water partition coefficient (Wildman–Crippen LogP) is 3.86. The number of fused-ring (bicyclic) bond motifs is 1. The van der Waals surface area contributed by atoms with E-state index in [1.165, 1.54) is 0 Å². The molecule has 29 heavy (non-hydrogen) atoms. The third-order valence-corrected chi connectivity index (χ3v) is 6.56. The lowest BCUT2D eigenvalue weighted by Gasteiger charge is -2.36. The highest BCUT2D eigenvalue weighted by molar-refractivity contribution is 5.99. The minimum Gasteiger partial charge on any atom is -0.497 e. The van der Waals surface area contributed by atoms with Gasteiger partial charge in [-0.1, -0.05) is 6.92 Å². The van der Waals surface area contributed by atoms with Gasteiger partial charge in [0, 0.05) is 43.0 Å². The Morgan fingerprint density at radius 1 is 1.03 bits per heavy atom. The van der Waals surface area contributed by atoms with Crippen molar-refractivity contribution in [2.75, 3.05) is 33.3 Å². The average Bonchev–Trinajstić information content (AvgIpc) is 3.09. The minimum absolute atomic E-state index is 0.0356. The zero-order valence-corrected chi connectivity index (χ0v) is 17.6. The highest BCUT2D eigenvalue weighted by Gasteiger charge is 2.33. The number of ether oxygens (including phenoxy) is 1. The SMILES string of the molecule is COc1ccc2oc(C(=O)N3CCC(C(=O)N4CCC(C)CC4)CC3)c(C)c2c1. The molecule has 2 aliphatic rings. The normalized spacial score (nSPS) is 19.0. The summed E-state index contributed by atoms with van der Waals surface area (Å²) in [6, 6.07) is 5.57. The summed E-state index contributed by atoms with van der Waals surface area (Å²) in [5, 5.41) is 0.900. The van der Waals surface area contributed by atoms with Crippen molar-refractivity contribution in [2.45, 2.75) is 39.5 Å². The molecule has 4 rings (SSSR count). The van der Waals surface area contributed by atoms with Gasteiger partial charge in [-0.3, -0.25) is 9.59 Å². The molecule has 6 nitrogen and oxygen atoms in total. The molecule has 0 atom stereocenters. The van der Waals surface area contributed by atoms with Gasteiger partial charge in [-0.25, -0.2) is 0 Å². The maximum atomic E-state index is 13.1. The summed E-state index contributed by atoms with van der Waals surface area (Å²) in [5.74, 6) is 2.07. The van der Waals surface area contributed by atoms with Gasteiger partial charge in [0.1, 0.15) is 11.3 Å². The molecule has 0 aliphatic carbocycles. The Bertz CT molecular complexity index is 903. The van der Waals surface area contributed by atoms with Gasteiger partial charge >= 0.3 is 0 Å². The van der Waals surface area contributed by atoms with Crippen molar-refractivity contribution >= 4 is 22.8 Å². The first kappa shape index (κ1) is 19.8. The molecular formula is C23H30N2O4. The molecule has 0 spiro atoms. The lowest BCUT2D eigenvalue weighted by molar-refractivity contribution is -0.138. The van der Waals surface area contributed by atoms with Crippen molar-refractivity contribution in [3.63, 3.8) is 0 Å². The summed E-state index contributed by atoms with van der Waals surface area (Å²) in [6.07, 6.45) is 3.64. The van der Waals surface area contributed by atoms with Crippen molar-refractivity contribution in [3.05, 3.63) is 29.5 Å². The number of hydrogen-bond donors (Lipinski definition) is 0. The van der Waals surface area contributed by atoms with Crippen LogP contribution in [0.1, 0.15) is 48.7 Å². The van der Waals surface area contributed by atoms with E-state index in [9.17, 15) is 9.59 Å². The van der Waals surface area contributed by atoms with Crippen LogP contribution in [0.2, 0.25) is 0 Å². The summed E-state index contributed by atoms with van der Waals surface area (Å²) in [7, 11) is 1.62. The lowest BCUT2D eigenvalue weighted by atomic mass is 9.92. The van der Waals surface area contributed by atoms with E-state index in [1.807, 2.05) is 34.9 Å². The molecule has 0 radical (unpaired) electrons. The van der Waals surface area contributed by atoms with Crippen LogP contribution >= 0.6 is 0 Å². The standard InChI is InChI=1S/C23H30N2O4/c1-15-6-10-24(11-7-15)22(26)17-8-12-25(13-9-17)23(27)21-16(2)19-14-18(28-3)4-5-20(19)29-21/h4-5,14-15,17H,6-13H2,1-3H3. The minimum atomic E-state index is -0.0876. The fourth-order valence-electron chi connectivity index (χ4n) is 4.49. The first-order valence-corrected chi connectivity index (χ1v) is 10.6. The zero-order valence-electron chi connectivity index (χ0n) is 17.6. The number of methoxy groups -OCH3 is 1. The number of rotatable bonds is 3. The molecule has 2 aromatic rings. The van der Waals surface area contributed by atoms with Gasteiger partial charge in [-0.2, -0.15) is 0 Å². The number of carbonyl (C=O) groups excluding carboxylic acids is 2. The molecule has 2 saturated heterocycles. The second kappa shape index (κ2) is 8.09. The Hall–Kier alpha value is -2.50. The Morgan fingerprint density at radius 3 is 2.34 bits per heavy atom. The molecule has 1 aromatic carbocycles. The van der Waals surface area contributed by atoms with E-state index in [4.69, 9.17) is 9.15 Å². The summed E-state index contributed by atoms with van der Waals surface area (Å²) in [5.41, 5.74) is 1.53. The van der Waals surface area contributed by atoms with Gasteiger partial charge in [-0.05, 0) is 56.7 Å². The van der Waals surface area contributed by atoms with E-state index in [0.29, 0.717) is 30.4 Å². The number of piperidine rings is 2. The number of likely N-dealkylation sites (tertiary alicyclic amines) is 2. The zero-order chi connectivity index (χ0) is 20.5. The van der Waals surface area contributed by atoms with Crippen molar-refractivity contribution in [2.24, 2.45) is 11.8 Å². The number of aryl methyl sites for hydroxylation is 1. The van der Waals surface area contributed by atoms with Crippen LogP contribution in [0, 0.1) is 18.8 Å².